The Labute approximate surface area is 141 Å². The number of β-amino-alcohol motifs (C(OH)–C–C–N with tert-alkyl or cyclic N) is 1. The van der Waals surface area contributed by atoms with E-state index in [0.717, 1.165) is 16.6 Å². The van der Waals surface area contributed by atoms with Crippen LogP contribution in [0, 0.1) is 11.7 Å². The van der Waals surface area contributed by atoms with Crippen molar-refractivity contribution < 1.29 is 9.84 Å². The van der Waals surface area contributed by atoms with Crippen LogP contribution in [0.1, 0.15) is 26.3 Å². The summed E-state index contributed by atoms with van der Waals surface area (Å²) in [5, 5.41) is 13.2. The lowest BCUT2D eigenvalue weighted by molar-refractivity contribution is 0.101. The number of hydrogen-bond donors (Lipinski definition) is 4. The van der Waals surface area contributed by atoms with Crippen molar-refractivity contribution in [3.8, 4) is 5.75 Å². The zero-order chi connectivity index (χ0) is 15.6. The van der Waals surface area contributed by atoms with Crippen LogP contribution in [-0.4, -0.2) is 39.9 Å². The van der Waals surface area contributed by atoms with E-state index in [1.807, 2.05) is 19.1 Å². The van der Waals surface area contributed by atoms with Crippen LogP contribution in [-0.2, 0) is 0 Å². The summed E-state index contributed by atoms with van der Waals surface area (Å²) in [7, 11) is 0. The molecule has 0 fully saturated rings. The van der Waals surface area contributed by atoms with E-state index in [1.165, 1.54) is 0 Å². The monoisotopic (exact) mass is 345 g/mol. The van der Waals surface area contributed by atoms with Gasteiger partial charge in [0.1, 0.15) is 24.0 Å². The highest BCUT2D eigenvalue weighted by Gasteiger charge is 2.14. The summed E-state index contributed by atoms with van der Waals surface area (Å²) in [5.74, 6) is 0.692. The number of H-pyrrole nitrogens is 2. The number of ether oxygens (including phenoxy) is 1. The Kier molecular flexibility index (Phi) is 6.43. The third-order valence-corrected chi connectivity index (χ3v) is 3.36. The molecule has 1 heterocycles. The fourth-order valence-electron chi connectivity index (χ4n) is 2.02. The van der Waals surface area contributed by atoms with E-state index in [1.54, 1.807) is 0 Å². The lowest BCUT2D eigenvalue weighted by Crippen LogP contribution is -2.42. The van der Waals surface area contributed by atoms with Gasteiger partial charge in [0.25, 0.3) is 0 Å². The van der Waals surface area contributed by atoms with Crippen LogP contribution in [0.25, 0.3) is 11.0 Å². The van der Waals surface area contributed by atoms with Crippen molar-refractivity contribution in [2.75, 3.05) is 13.2 Å². The van der Waals surface area contributed by atoms with Gasteiger partial charge in [-0.05, 0) is 51.5 Å². The largest absolute Gasteiger partial charge is 0.489 e. The van der Waals surface area contributed by atoms with E-state index in [4.69, 9.17) is 17.0 Å². The Bertz CT molecular complexity index is 675. The molecule has 0 spiro atoms. The fraction of sp³-hybridized carbons (Fsp3) is 0.533. The van der Waals surface area contributed by atoms with Crippen molar-refractivity contribution in [1.82, 2.24) is 15.3 Å². The quantitative estimate of drug-likeness (QED) is 0.628. The van der Waals surface area contributed by atoms with E-state index in [-0.39, 0.29) is 24.6 Å². The van der Waals surface area contributed by atoms with Crippen LogP contribution in [0.3, 0.4) is 0 Å². The zero-order valence-electron chi connectivity index (χ0n) is 13.3. The lowest BCUT2D eigenvalue weighted by Gasteiger charge is -2.23. The smallest absolute Gasteiger partial charge is 0.175 e. The zero-order valence-corrected chi connectivity index (χ0v) is 15.0. The molecule has 0 saturated heterocycles. The Morgan fingerprint density at radius 1 is 1.27 bits per heavy atom. The SMILES string of the molecule is Cc1ccc(OCC(O)CNC(C)(C)C)c2[nH]c(=S)[nH]c12.Cl. The lowest BCUT2D eigenvalue weighted by atomic mass is 10.1. The molecule has 2 aromatic rings. The predicted octanol–water partition coefficient (Wildman–Crippen LogP) is 3.08. The molecule has 0 aliphatic rings. The average molecular weight is 346 g/mol. The summed E-state index contributed by atoms with van der Waals surface area (Å²) in [5.41, 5.74) is 2.86. The summed E-state index contributed by atoms with van der Waals surface area (Å²) in [4.78, 5) is 6.19. The van der Waals surface area contributed by atoms with E-state index in [2.05, 4.69) is 36.1 Å². The molecule has 124 valence electrons. The summed E-state index contributed by atoms with van der Waals surface area (Å²) < 4.78 is 6.30. The molecule has 0 saturated carbocycles. The number of aromatic amines is 2. The first-order chi connectivity index (χ1) is 9.76. The number of halogens is 1. The normalized spacial score (nSPS) is 13.0. The molecule has 0 aliphatic carbocycles. The first-order valence-corrected chi connectivity index (χ1v) is 7.44. The second kappa shape index (κ2) is 7.46. The highest BCUT2D eigenvalue weighted by Crippen LogP contribution is 2.25. The Hall–Kier alpha value is -1.08. The number of aliphatic hydroxyl groups excluding tert-OH is 1. The van der Waals surface area contributed by atoms with Crippen LogP contribution in [0.4, 0.5) is 0 Å². The maximum absolute atomic E-state index is 9.98. The highest BCUT2D eigenvalue weighted by atomic mass is 35.5. The third-order valence-electron chi connectivity index (χ3n) is 3.15. The van der Waals surface area contributed by atoms with E-state index in [9.17, 15) is 5.11 Å². The predicted molar refractivity (Wildman–Crippen MR) is 94.7 cm³/mol. The number of aliphatic hydroxyl groups is 1. The van der Waals surface area contributed by atoms with Gasteiger partial charge < -0.3 is 25.1 Å². The molecule has 1 atom stereocenters. The summed E-state index contributed by atoms with van der Waals surface area (Å²) in [6.07, 6.45) is -0.567. The van der Waals surface area contributed by atoms with Gasteiger partial charge in [-0.3, -0.25) is 0 Å². The maximum atomic E-state index is 9.98. The summed E-state index contributed by atoms with van der Waals surface area (Å²) >= 11 is 5.12. The van der Waals surface area contributed by atoms with Crippen molar-refractivity contribution in [2.24, 2.45) is 0 Å². The van der Waals surface area contributed by atoms with Crippen molar-refractivity contribution in [3.05, 3.63) is 22.5 Å². The average Bonchev–Trinajstić information content (AvgIpc) is 2.77. The van der Waals surface area contributed by atoms with Crippen molar-refractivity contribution in [2.45, 2.75) is 39.3 Å². The van der Waals surface area contributed by atoms with Crippen LogP contribution >= 0.6 is 24.6 Å². The van der Waals surface area contributed by atoms with Gasteiger partial charge in [0, 0.05) is 12.1 Å². The van der Waals surface area contributed by atoms with Crippen LogP contribution < -0.4 is 10.1 Å². The number of imidazole rings is 1. The van der Waals surface area contributed by atoms with E-state index >= 15 is 0 Å². The molecule has 5 nitrogen and oxygen atoms in total. The minimum absolute atomic E-state index is 0. The molecular formula is C15H24ClN3O2S. The van der Waals surface area contributed by atoms with Crippen molar-refractivity contribution >= 4 is 35.7 Å². The molecule has 1 aromatic heterocycles. The molecule has 0 amide bonds. The number of rotatable bonds is 5. The molecule has 4 N–H and O–H groups in total. The highest BCUT2D eigenvalue weighted by molar-refractivity contribution is 7.71. The topological polar surface area (TPSA) is 73.1 Å². The van der Waals surface area contributed by atoms with E-state index < -0.39 is 6.10 Å². The molecular weight excluding hydrogens is 322 g/mol. The Morgan fingerprint density at radius 3 is 2.55 bits per heavy atom. The Morgan fingerprint density at radius 2 is 1.91 bits per heavy atom. The van der Waals surface area contributed by atoms with Crippen molar-refractivity contribution in [1.29, 1.82) is 0 Å². The molecule has 0 radical (unpaired) electrons. The molecule has 22 heavy (non-hydrogen) atoms. The molecule has 1 unspecified atom stereocenters. The number of nitrogens with one attached hydrogen (secondary N) is 3. The van der Waals surface area contributed by atoms with Gasteiger partial charge >= 0.3 is 0 Å². The second-order valence-corrected chi connectivity index (χ2v) is 6.71. The Balaban J connectivity index is 0.00000242. The standard InChI is InChI=1S/C15H23N3O2S.ClH/c1-9-5-6-11(13-12(9)17-14(21)18-13)20-8-10(19)7-16-15(2,3)4;/h5-6,10,16,19H,7-8H2,1-4H3,(H2,17,18,21);1H. The van der Waals surface area contributed by atoms with Gasteiger partial charge in [-0.1, -0.05) is 6.07 Å². The fourth-order valence-corrected chi connectivity index (χ4v) is 2.22. The minimum Gasteiger partial charge on any atom is -0.489 e. The molecule has 7 heteroatoms. The number of hydrogen-bond acceptors (Lipinski definition) is 4. The number of aryl methyl sites for hydroxylation is 1. The maximum Gasteiger partial charge on any atom is 0.175 e. The third kappa shape index (κ3) is 4.98. The molecule has 2 rings (SSSR count). The van der Waals surface area contributed by atoms with Gasteiger partial charge in [0.15, 0.2) is 4.77 Å². The number of aromatic nitrogens is 2. The minimum atomic E-state index is -0.567. The van der Waals surface area contributed by atoms with Gasteiger partial charge in [0.2, 0.25) is 0 Å². The first-order valence-electron chi connectivity index (χ1n) is 7.04. The van der Waals surface area contributed by atoms with Crippen LogP contribution in [0.2, 0.25) is 0 Å². The van der Waals surface area contributed by atoms with Crippen LogP contribution in [0.5, 0.6) is 5.75 Å². The van der Waals surface area contributed by atoms with Gasteiger partial charge in [0.05, 0.1) is 5.52 Å². The van der Waals surface area contributed by atoms with E-state index in [0.29, 0.717) is 17.1 Å². The molecule has 0 aliphatic heterocycles. The van der Waals surface area contributed by atoms with Crippen molar-refractivity contribution in [3.63, 3.8) is 0 Å². The second-order valence-electron chi connectivity index (χ2n) is 6.31. The number of benzene rings is 1. The van der Waals surface area contributed by atoms with Gasteiger partial charge in [-0.25, -0.2) is 0 Å². The van der Waals surface area contributed by atoms with Gasteiger partial charge in [-0.15, -0.1) is 12.4 Å². The molecule has 1 aromatic carbocycles. The summed E-state index contributed by atoms with van der Waals surface area (Å²) in [6.45, 7) is 8.90. The summed E-state index contributed by atoms with van der Waals surface area (Å²) in [6, 6.07) is 3.86. The first kappa shape index (κ1) is 19.0. The van der Waals surface area contributed by atoms with Gasteiger partial charge in [-0.2, -0.15) is 0 Å². The van der Waals surface area contributed by atoms with Crippen LogP contribution in [0.15, 0.2) is 12.1 Å². The number of fused-ring (bicyclic) bond motifs is 1. The molecule has 0 bridgehead atoms.